The van der Waals surface area contributed by atoms with Gasteiger partial charge in [-0.2, -0.15) is 5.26 Å². The van der Waals surface area contributed by atoms with Crippen LogP contribution in [0.5, 0.6) is 5.75 Å². The molecule has 0 saturated carbocycles. The van der Waals surface area contributed by atoms with E-state index in [9.17, 15) is 18.8 Å². The van der Waals surface area contributed by atoms with E-state index in [1.807, 2.05) is 29.8 Å². The predicted molar refractivity (Wildman–Crippen MR) is 119 cm³/mol. The molecule has 0 fully saturated rings. The van der Waals surface area contributed by atoms with Crippen molar-refractivity contribution in [2.45, 2.75) is 13.5 Å². The summed E-state index contributed by atoms with van der Waals surface area (Å²) >= 11 is 0. The lowest BCUT2D eigenvalue weighted by atomic mass is 10.2. The second kappa shape index (κ2) is 8.96. The molecule has 0 aliphatic rings. The monoisotopic (exact) mass is 447 g/mol. The van der Waals surface area contributed by atoms with Crippen LogP contribution in [-0.2, 0) is 6.54 Å². The van der Waals surface area contributed by atoms with Crippen molar-refractivity contribution in [2.75, 3.05) is 12.4 Å². The van der Waals surface area contributed by atoms with Gasteiger partial charge in [0.15, 0.2) is 0 Å². The first-order valence-electron chi connectivity index (χ1n) is 9.92. The number of nitriles is 1. The number of benzene rings is 2. The Kier molecular flexibility index (Phi) is 5.91. The molecule has 4 rings (SSSR count). The highest BCUT2D eigenvalue weighted by atomic mass is 19.1. The topological polar surface area (TPSA) is 84.9 Å². The Labute approximate surface area is 188 Å². The second-order valence-corrected chi connectivity index (χ2v) is 7.36. The summed E-state index contributed by atoms with van der Waals surface area (Å²) in [4.78, 5) is 17.2. The number of rotatable bonds is 6. The summed E-state index contributed by atoms with van der Waals surface area (Å²) in [5.41, 5.74) is 2.16. The van der Waals surface area contributed by atoms with Crippen LogP contribution in [0.15, 0.2) is 66.0 Å². The highest BCUT2D eigenvalue weighted by Crippen LogP contribution is 2.28. The van der Waals surface area contributed by atoms with Crippen LogP contribution >= 0.6 is 0 Å². The van der Waals surface area contributed by atoms with Crippen LogP contribution in [0.4, 0.5) is 20.2 Å². The van der Waals surface area contributed by atoms with Crippen molar-refractivity contribution in [1.82, 2.24) is 14.1 Å². The third kappa shape index (κ3) is 4.60. The number of ether oxygens (including phenoxy) is 1. The van der Waals surface area contributed by atoms with E-state index in [2.05, 4.69) is 10.3 Å². The number of aryl methyl sites for hydroxylation is 1. The summed E-state index contributed by atoms with van der Waals surface area (Å²) in [6.45, 7) is 1.72. The number of nitrogens with one attached hydrogen (secondary N) is 1. The molecular formula is C24H19F2N5O2. The molecule has 0 bridgehead atoms. The highest BCUT2D eigenvalue weighted by Gasteiger charge is 2.13. The maximum absolute atomic E-state index is 14.1. The van der Waals surface area contributed by atoms with Gasteiger partial charge in [-0.15, -0.1) is 0 Å². The van der Waals surface area contributed by atoms with Gasteiger partial charge in [0.05, 0.1) is 36.9 Å². The van der Waals surface area contributed by atoms with E-state index in [-0.39, 0.29) is 23.4 Å². The molecule has 2 aromatic heterocycles. The van der Waals surface area contributed by atoms with Crippen molar-refractivity contribution in [2.24, 2.45) is 0 Å². The van der Waals surface area contributed by atoms with E-state index in [0.717, 1.165) is 23.5 Å². The molecule has 0 unspecified atom stereocenters. The summed E-state index contributed by atoms with van der Waals surface area (Å²) < 4.78 is 35.8. The third-order valence-electron chi connectivity index (χ3n) is 5.02. The minimum absolute atomic E-state index is 0.126. The van der Waals surface area contributed by atoms with Gasteiger partial charge in [-0.05, 0) is 31.2 Å². The molecule has 2 heterocycles. The molecule has 1 N–H and O–H groups in total. The largest absolute Gasteiger partial charge is 0.494 e. The zero-order chi connectivity index (χ0) is 23.5. The maximum Gasteiger partial charge on any atom is 0.274 e. The SMILES string of the molecule is COc1cc(Nc2cc(C#N)cn(Cc3ccc(F)cc3F)c2=O)ccc1-n1cnc(C)c1. The number of anilines is 2. The molecule has 2 aromatic carbocycles. The van der Waals surface area contributed by atoms with Crippen molar-refractivity contribution >= 4 is 11.4 Å². The number of halogens is 2. The minimum atomic E-state index is -0.770. The zero-order valence-electron chi connectivity index (χ0n) is 17.8. The number of hydrogen-bond donors (Lipinski definition) is 1. The Morgan fingerprint density at radius 3 is 2.64 bits per heavy atom. The van der Waals surface area contributed by atoms with Crippen molar-refractivity contribution in [1.29, 1.82) is 5.26 Å². The van der Waals surface area contributed by atoms with E-state index in [4.69, 9.17) is 4.74 Å². The molecule has 0 saturated heterocycles. The van der Waals surface area contributed by atoms with Crippen LogP contribution in [0.1, 0.15) is 16.8 Å². The molecule has 0 aliphatic carbocycles. The van der Waals surface area contributed by atoms with Crippen molar-refractivity contribution in [3.63, 3.8) is 0 Å². The molecule has 0 aliphatic heterocycles. The molecule has 9 heteroatoms. The highest BCUT2D eigenvalue weighted by molar-refractivity contribution is 5.65. The normalized spacial score (nSPS) is 10.6. The number of imidazole rings is 1. The molecule has 33 heavy (non-hydrogen) atoms. The molecule has 0 amide bonds. The average molecular weight is 447 g/mol. The summed E-state index contributed by atoms with van der Waals surface area (Å²) in [5, 5.41) is 12.4. The predicted octanol–water partition coefficient (Wildman–Crippen LogP) is 4.29. The minimum Gasteiger partial charge on any atom is -0.494 e. The molecule has 166 valence electrons. The number of nitrogens with zero attached hydrogens (tertiary/aromatic N) is 4. The zero-order valence-corrected chi connectivity index (χ0v) is 17.8. The summed E-state index contributed by atoms with van der Waals surface area (Å²) in [6.07, 6.45) is 4.86. The van der Waals surface area contributed by atoms with Gasteiger partial charge in [-0.1, -0.05) is 6.07 Å². The van der Waals surface area contributed by atoms with Gasteiger partial charge in [0.25, 0.3) is 5.56 Å². The summed E-state index contributed by atoms with van der Waals surface area (Å²) in [6, 6.07) is 11.8. The molecular weight excluding hydrogens is 428 g/mol. The van der Waals surface area contributed by atoms with Crippen LogP contribution < -0.4 is 15.6 Å². The first-order valence-corrected chi connectivity index (χ1v) is 9.92. The Bertz CT molecular complexity index is 1440. The van der Waals surface area contributed by atoms with E-state index in [1.54, 1.807) is 18.5 Å². The van der Waals surface area contributed by atoms with Crippen LogP contribution in [0, 0.1) is 29.9 Å². The second-order valence-electron chi connectivity index (χ2n) is 7.36. The van der Waals surface area contributed by atoms with Crippen LogP contribution in [0.25, 0.3) is 5.69 Å². The van der Waals surface area contributed by atoms with Gasteiger partial charge in [-0.3, -0.25) is 4.79 Å². The van der Waals surface area contributed by atoms with Crippen LogP contribution in [0.2, 0.25) is 0 Å². The third-order valence-corrected chi connectivity index (χ3v) is 5.02. The van der Waals surface area contributed by atoms with E-state index in [1.165, 1.54) is 30.0 Å². The fourth-order valence-corrected chi connectivity index (χ4v) is 3.41. The van der Waals surface area contributed by atoms with Crippen molar-refractivity contribution in [3.8, 4) is 17.5 Å². The average Bonchev–Trinajstić information content (AvgIpc) is 3.23. The van der Waals surface area contributed by atoms with Crippen LogP contribution in [0.3, 0.4) is 0 Å². The standard InChI is InChI=1S/C24H19F2N5O2/c1-15-11-31(14-28-15)22-6-5-19(9-23(22)33-2)29-21-7-16(10-27)12-30(24(21)32)13-17-3-4-18(25)8-20(17)26/h3-9,11-12,14,29H,13H2,1-2H3. The molecule has 4 aromatic rings. The lowest BCUT2D eigenvalue weighted by Crippen LogP contribution is -2.23. The fraction of sp³-hybridized carbons (Fsp3) is 0.125. The smallest absolute Gasteiger partial charge is 0.274 e. The Hall–Kier alpha value is -4.45. The van der Waals surface area contributed by atoms with Crippen molar-refractivity contribution in [3.05, 3.63) is 100.0 Å². The number of aromatic nitrogens is 3. The summed E-state index contributed by atoms with van der Waals surface area (Å²) in [5.74, 6) is -0.934. The Balaban J connectivity index is 1.69. The number of pyridine rings is 1. The number of methoxy groups -OCH3 is 1. The molecule has 0 radical (unpaired) electrons. The quantitative estimate of drug-likeness (QED) is 0.477. The van der Waals surface area contributed by atoms with E-state index in [0.29, 0.717) is 11.4 Å². The lowest BCUT2D eigenvalue weighted by molar-refractivity contribution is 0.413. The van der Waals surface area contributed by atoms with E-state index >= 15 is 0 Å². The van der Waals surface area contributed by atoms with Gasteiger partial charge >= 0.3 is 0 Å². The Morgan fingerprint density at radius 1 is 1.15 bits per heavy atom. The van der Waals surface area contributed by atoms with Gasteiger partial charge < -0.3 is 19.2 Å². The van der Waals surface area contributed by atoms with Gasteiger partial charge in [0, 0.05) is 35.8 Å². The Morgan fingerprint density at radius 2 is 1.97 bits per heavy atom. The molecule has 7 nitrogen and oxygen atoms in total. The van der Waals surface area contributed by atoms with Crippen molar-refractivity contribution < 1.29 is 13.5 Å². The van der Waals surface area contributed by atoms with Gasteiger partial charge in [0.1, 0.15) is 29.1 Å². The fourth-order valence-electron chi connectivity index (χ4n) is 3.41. The molecule has 0 atom stereocenters. The van der Waals surface area contributed by atoms with Crippen LogP contribution in [-0.4, -0.2) is 21.2 Å². The number of hydrogen-bond acceptors (Lipinski definition) is 5. The van der Waals surface area contributed by atoms with E-state index < -0.39 is 17.2 Å². The first-order chi connectivity index (χ1) is 15.9. The maximum atomic E-state index is 14.1. The first kappa shape index (κ1) is 21.8. The molecule has 0 spiro atoms. The van der Waals surface area contributed by atoms with Gasteiger partial charge in [0.2, 0.25) is 0 Å². The summed E-state index contributed by atoms with van der Waals surface area (Å²) in [7, 11) is 1.53. The lowest BCUT2D eigenvalue weighted by Gasteiger charge is -2.14. The van der Waals surface area contributed by atoms with Gasteiger partial charge in [-0.25, -0.2) is 13.8 Å².